The van der Waals surface area contributed by atoms with E-state index < -0.39 is 0 Å². The van der Waals surface area contributed by atoms with Crippen molar-refractivity contribution in [3.8, 4) is 0 Å². The summed E-state index contributed by atoms with van der Waals surface area (Å²) in [5.74, 6) is -0.0539. The maximum atomic E-state index is 12.0. The lowest BCUT2D eigenvalue weighted by Crippen LogP contribution is -2.38. The van der Waals surface area contributed by atoms with E-state index in [1.165, 1.54) is 0 Å². The van der Waals surface area contributed by atoms with Gasteiger partial charge in [-0.1, -0.05) is 26.0 Å². The highest BCUT2D eigenvalue weighted by Crippen LogP contribution is 2.17. The Bertz CT molecular complexity index is 433. The standard InChI is InChI=1S/C16H27N3O2/c1-3-13(4-2)19(11-12-20)10-9-16(21)18-15-8-6-5-7-14(15)17/h5-8,13,20H,3-4,9-12,17H2,1-2H3,(H,18,21). The second-order valence-electron chi connectivity index (χ2n) is 5.12. The molecule has 0 aromatic heterocycles. The number of nitrogens with zero attached hydrogens (tertiary/aromatic N) is 1. The average Bonchev–Trinajstić information content (AvgIpc) is 2.48. The van der Waals surface area contributed by atoms with Crippen LogP contribution in [0.2, 0.25) is 0 Å². The van der Waals surface area contributed by atoms with Gasteiger partial charge in [0.2, 0.25) is 5.91 Å². The summed E-state index contributed by atoms with van der Waals surface area (Å²) in [6.45, 7) is 5.62. The highest BCUT2D eigenvalue weighted by Gasteiger charge is 2.16. The van der Waals surface area contributed by atoms with Crippen LogP contribution in [-0.4, -0.2) is 41.7 Å². The van der Waals surface area contributed by atoms with Crippen molar-refractivity contribution in [1.29, 1.82) is 0 Å². The van der Waals surface area contributed by atoms with Crippen LogP contribution >= 0.6 is 0 Å². The first-order valence-electron chi connectivity index (χ1n) is 7.61. The number of aliphatic hydroxyl groups is 1. The van der Waals surface area contributed by atoms with Crippen molar-refractivity contribution in [2.45, 2.75) is 39.2 Å². The smallest absolute Gasteiger partial charge is 0.225 e. The van der Waals surface area contributed by atoms with Crippen molar-refractivity contribution < 1.29 is 9.90 Å². The first kappa shape index (κ1) is 17.5. The molecular weight excluding hydrogens is 266 g/mol. The van der Waals surface area contributed by atoms with E-state index in [1.807, 2.05) is 12.1 Å². The third-order valence-corrected chi connectivity index (χ3v) is 3.71. The molecule has 5 nitrogen and oxygen atoms in total. The van der Waals surface area contributed by atoms with Gasteiger partial charge in [-0.25, -0.2) is 0 Å². The SMILES string of the molecule is CCC(CC)N(CCO)CCC(=O)Nc1ccccc1N. The fraction of sp³-hybridized carbons (Fsp3) is 0.562. The summed E-state index contributed by atoms with van der Waals surface area (Å²) < 4.78 is 0. The molecule has 0 unspecified atom stereocenters. The van der Waals surface area contributed by atoms with Crippen LogP contribution in [0.1, 0.15) is 33.1 Å². The molecule has 118 valence electrons. The molecule has 1 amide bonds. The fourth-order valence-electron chi connectivity index (χ4n) is 2.48. The Morgan fingerprint density at radius 2 is 1.95 bits per heavy atom. The molecule has 1 aromatic rings. The molecule has 0 aliphatic rings. The van der Waals surface area contributed by atoms with Crippen LogP contribution in [0, 0.1) is 0 Å². The Hall–Kier alpha value is -1.59. The van der Waals surface area contributed by atoms with E-state index in [0.717, 1.165) is 12.8 Å². The Kier molecular flexibility index (Phi) is 7.79. The van der Waals surface area contributed by atoms with Gasteiger partial charge >= 0.3 is 0 Å². The summed E-state index contributed by atoms with van der Waals surface area (Å²) in [7, 11) is 0. The lowest BCUT2D eigenvalue weighted by atomic mass is 10.1. The number of rotatable bonds is 9. The number of aliphatic hydroxyl groups excluding tert-OH is 1. The number of hydrogen-bond donors (Lipinski definition) is 3. The summed E-state index contributed by atoms with van der Waals surface area (Å²) in [6.07, 6.45) is 2.43. The molecule has 0 atom stereocenters. The minimum atomic E-state index is -0.0539. The Morgan fingerprint density at radius 3 is 2.52 bits per heavy atom. The van der Waals surface area contributed by atoms with Crippen molar-refractivity contribution in [2.24, 2.45) is 0 Å². The van der Waals surface area contributed by atoms with Gasteiger partial charge in [0, 0.05) is 25.6 Å². The molecule has 4 N–H and O–H groups in total. The van der Waals surface area contributed by atoms with Crippen molar-refractivity contribution in [3.63, 3.8) is 0 Å². The minimum absolute atomic E-state index is 0.0539. The monoisotopic (exact) mass is 293 g/mol. The molecule has 1 aromatic carbocycles. The molecule has 0 radical (unpaired) electrons. The van der Waals surface area contributed by atoms with E-state index in [9.17, 15) is 4.79 Å². The molecule has 0 fully saturated rings. The van der Waals surface area contributed by atoms with Crippen LogP contribution in [-0.2, 0) is 4.79 Å². The number of carbonyl (C=O) groups is 1. The Balaban J connectivity index is 2.51. The molecular formula is C16H27N3O2. The van der Waals surface area contributed by atoms with Gasteiger partial charge in [0.15, 0.2) is 0 Å². The van der Waals surface area contributed by atoms with E-state index in [4.69, 9.17) is 10.8 Å². The summed E-state index contributed by atoms with van der Waals surface area (Å²) >= 11 is 0. The van der Waals surface area contributed by atoms with Crippen LogP contribution in [0.4, 0.5) is 11.4 Å². The topological polar surface area (TPSA) is 78.6 Å². The third-order valence-electron chi connectivity index (χ3n) is 3.71. The zero-order valence-corrected chi connectivity index (χ0v) is 13.0. The molecule has 0 bridgehead atoms. The predicted octanol–water partition coefficient (Wildman–Crippen LogP) is 2.08. The second-order valence-corrected chi connectivity index (χ2v) is 5.12. The zero-order valence-electron chi connectivity index (χ0n) is 13.0. The van der Waals surface area contributed by atoms with Crippen molar-refractivity contribution in [3.05, 3.63) is 24.3 Å². The molecule has 21 heavy (non-hydrogen) atoms. The summed E-state index contributed by atoms with van der Waals surface area (Å²) in [5, 5.41) is 12.0. The zero-order chi connectivity index (χ0) is 15.7. The van der Waals surface area contributed by atoms with Crippen molar-refractivity contribution in [2.75, 3.05) is 30.7 Å². The van der Waals surface area contributed by atoms with E-state index >= 15 is 0 Å². The highest BCUT2D eigenvalue weighted by atomic mass is 16.3. The van der Waals surface area contributed by atoms with Crippen LogP contribution in [0.5, 0.6) is 0 Å². The molecule has 1 rings (SSSR count). The summed E-state index contributed by atoms with van der Waals surface area (Å²) in [5.41, 5.74) is 7.02. The normalized spacial score (nSPS) is 11.1. The predicted molar refractivity (Wildman–Crippen MR) is 87.1 cm³/mol. The van der Waals surface area contributed by atoms with E-state index in [2.05, 4.69) is 24.1 Å². The Morgan fingerprint density at radius 1 is 1.29 bits per heavy atom. The number of benzene rings is 1. The number of nitrogen functional groups attached to an aromatic ring is 1. The van der Waals surface area contributed by atoms with E-state index in [0.29, 0.717) is 36.9 Å². The lowest BCUT2D eigenvalue weighted by Gasteiger charge is -2.29. The number of anilines is 2. The maximum absolute atomic E-state index is 12.0. The van der Waals surface area contributed by atoms with Gasteiger partial charge in [0.1, 0.15) is 0 Å². The second kappa shape index (κ2) is 9.37. The first-order chi connectivity index (χ1) is 10.1. The quantitative estimate of drug-likeness (QED) is 0.609. The van der Waals surface area contributed by atoms with Gasteiger partial charge in [0.05, 0.1) is 18.0 Å². The molecule has 0 heterocycles. The average molecular weight is 293 g/mol. The first-order valence-corrected chi connectivity index (χ1v) is 7.61. The van der Waals surface area contributed by atoms with Crippen molar-refractivity contribution >= 4 is 17.3 Å². The molecule has 0 saturated heterocycles. The number of amides is 1. The minimum Gasteiger partial charge on any atom is -0.397 e. The van der Waals surface area contributed by atoms with Gasteiger partial charge in [-0.15, -0.1) is 0 Å². The molecule has 5 heteroatoms. The van der Waals surface area contributed by atoms with Gasteiger partial charge in [-0.3, -0.25) is 9.69 Å². The summed E-state index contributed by atoms with van der Waals surface area (Å²) in [4.78, 5) is 14.2. The van der Waals surface area contributed by atoms with Crippen molar-refractivity contribution in [1.82, 2.24) is 4.90 Å². The Labute approximate surface area is 127 Å². The van der Waals surface area contributed by atoms with Gasteiger partial charge in [-0.2, -0.15) is 0 Å². The number of carbonyl (C=O) groups excluding carboxylic acids is 1. The number of nitrogens with one attached hydrogen (secondary N) is 1. The molecule has 0 saturated carbocycles. The maximum Gasteiger partial charge on any atom is 0.225 e. The van der Waals surface area contributed by atoms with Crippen LogP contribution < -0.4 is 11.1 Å². The van der Waals surface area contributed by atoms with E-state index in [-0.39, 0.29) is 12.5 Å². The summed E-state index contributed by atoms with van der Waals surface area (Å²) in [6, 6.07) is 7.64. The molecule has 0 aliphatic carbocycles. The largest absolute Gasteiger partial charge is 0.397 e. The molecule has 0 aliphatic heterocycles. The number of nitrogens with two attached hydrogens (primary N) is 1. The fourth-order valence-corrected chi connectivity index (χ4v) is 2.48. The number of hydrogen-bond acceptors (Lipinski definition) is 4. The van der Waals surface area contributed by atoms with Gasteiger partial charge in [-0.05, 0) is 25.0 Å². The van der Waals surface area contributed by atoms with Crippen LogP contribution in [0.25, 0.3) is 0 Å². The van der Waals surface area contributed by atoms with Crippen LogP contribution in [0.15, 0.2) is 24.3 Å². The number of para-hydroxylation sites is 2. The van der Waals surface area contributed by atoms with Crippen LogP contribution in [0.3, 0.4) is 0 Å². The third kappa shape index (κ3) is 5.73. The van der Waals surface area contributed by atoms with Gasteiger partial charge < -0.3 is 16.2 Å². The molecule has 0 spiro atoms. The van der Waals surface area contributed by atoms with Gasteiger partial charge in [0.25, 0.3) is 0 Å². The highest BCUT2D eigenvalue weighted by molar-refractivity contribution is 5.93. The lowest BCUT2D eigenvalue weighted by molar-refractivity contribution is -0.116. The van der Waals surface area contributed by atoms with E-state index in [1.54, 1.807) is 12.1 Å².